The molecule has 2 rings (SSSR count). The largest absolute Gasteiger partial charge is 0.383 e. The number of ether oxygens (including phenoxy) is 1. The van der Waals surface area contributed by atoms with Gasteiger partial charge in [0.05, 0.1) is 24.4 Å². The average Bonchev–Trinajstić information content (AvgIpc) is 2.97. The zero-order valence-corrected chi connectivity index (χ0v) is 12.8. The smallest absolute Gasteiger partial charge is 0.0795 e. The first kappa shape index (κ1) is 15.0. The summed E-state index contributed by atoms with van der Waals surface area (Å²) in [6.45, 7) is 3.27. The van der Waals surface area contributed by atoms with Crippen LogP contribution in [0.4, 0.5) is 5.69 Å². The Balaban J connectivity index is 1.99. The zero-order valence-electron chi connectivity index (χ0n) is 12.0. The highest BCUT2D eigenvalue weighted by molar-refractivity contribution is 7.07. The van der Waals surface area contributed by atoms with Gasteiger partial charge in [-0.3, -0.25) is 0 Å². The van der Waals surface area contributed by atoms with E-state index in [0.717, 1.165) is 31.9 Å². The van der Waals surface area contributed by atoms with Crippen LogP contribution < -0.4 is 10.2 Å². The van der Waals surface area contributed by atoms with Gasteiger partial charge in [-0.05, 0) is 11.6 Å². The Kier molecular flexibility index (Phi) is 5.98. The van der Waals surface area contributed by atoms with E-state index < -0.39 is 0 Å². The van der Waals surface area contributed by atoms with Gasteiger partial charge < -0.3 is 15.0 Å². The van der Waals surface area contributed by atoms with E-state index in [1.54, 1.807) is 18.4 Å². The third kappa shape index (κ3) is 4.30. The molecular weight excluding hydrogens is 270 g/mol. The molecule has 108 valence electrons. The Morgan fingerprint density at radius 1 is 1.35 bits per heavy atom. The summed E-state index contributed by atoms with van der Waals surface area (Å²) < 4.78 is 5.05. The second-order valence-corrected chi connectivity index (χ2v) is 5.35. The van der Waals surface area contributed by atoms with Crippen LogP contribution in [0.5, 0.6) is 0 Å². The predicted molar refractivity (Wildman–Crippen MR) is 84.2 cm³/mol. The highest BCUT2D eigenvalue weighted by Gasteiger charge is 2.08. The lowest BCUT2D eigenvalue weighted by atomic mass is 10.1. The van der Waals surface area contributed by atoms with Crippen LogP contribution in [0.15, 0.2) is 35.2 Å². The van der Waals surface area contributed by atoms with Crippen molar-refractivity contribution < 1.29 is 4.74 Å². The molecule has 1 aromatic carbocycles. The van der Waals surface area contributed by atoms with E-state index in [-0.39, 0.29) is 0 Å². The van der Waals surface area contributed by atoms with Crippen molar-refractivity contribution in [3.05, 3.63) is 46.4 Å². The number of methoxy groups -OCH3 is 1. The minimum absolute atomic E-state index is 0.733. The maximum absolute atomic E-state index is 5.05. The first-order valence-corrected chi connectivity index (χ1v) is 7.61. The van der Waals surface area contributed by atoms with E-state index in [1.807, 2.05) is 5.51 Å². The van der Waals surface area contributed by atoms with E-state index >= 15 is 0 Å². The van der Waals surface area contributed by atoms with Gasteiger partial charge >= 0.3 is 0 Å². The van der Waals surface area contributed by atoms with E-state index in [9.17, 15) is 0 Å². The Hall–Kier alpha value is -1.43. The van der Waals surface area contributed by atoms with Gasteiger partial charge in [0.1, 0.15) is 0 Å². The van der Waals surface area contributed by atoms with Gasteiger partial charge in [0.15, 0.2) is 0 Å². The van der Waals surface area contributed by atoms with Crippen molar-refractivity contribution in [1.29, 1.82) is 0 Å². The van der Waals surface area contributed by atoms with Gasteiger partial charge in [0.25, 0.3) is 0 Å². The summed E-state index contributed by atoms with van der Waals surface area (Å²) in [7, 11) is 3.82. The summed E-state index contributed by atoms with van der Waals surface area (Å²) in [5.74, 6) is 0. The summed E-state index contributed by atoms with van der Waals surface area (Å²) in [4.78, 5) is 6.58. The third-order valence-electron chi connectivity index (χ3n) is 3.08. The number of nitrogens with zero attached hydrogens (tertiary/aromatic N) is 2. The van der Waals surface area contributed by atoms with Crippen LogP contribution in [0.1, 0.15) is 11.3 Å². The normalized spacial score (nSPS) is 10.7. The molecule has 0 spiro atoms. The fourth-order valence-corrected chi connectivity index (χ4v) is 2.62. The number of nitrogens with one attached hydrogen (secondary N) is 1. The summed E-state index contributed by atoms with van der Waals surface area (Å²) in [6, 6.07) is 8.46. The number of hydrogen-bond acceptors (Lipinski definition) is 5. The van der Waals surface area contributed by atoms with E-state index in [2.05, 4.69) is 51.9 Å². The fourth-order valence-electron chi connectivity index (χ4n) is 2.07. The topological polar surface area (TPSA) is 37.4 Å². The van der Waals surface area contributed by atoms with E-state index in [0.29, 0.717) is 0 Å². The first-order chi connectivity index (χ1) is 9.81. The number of benzene rings is 1. The quantitative estimate of drug-likeness (QED) is 0.758. The fraction of sp³-hybridized carbons (Fsp3) is 0.400. The minimum atomic E-state index is 0.733. The van der Waals surface area contributed by atoms with Crippen LogP contribution >= 0.6 is 11.3 Å². The molecule has 0 saturated heterocycles. The highest BCUT2D eigenvalue weighted by atomic mass is 32.1. The Bertz CT molecular complexity index is 502. The van der Waals surface area contributed by atoms with Crippen molar-refractivity contribution in [3.63, 3.8) is 0 Å². The second-order valence-electron chi connectivity index (χ2n) is 4.63. The summed E-state index contributed by atoms with van der Waals surface area (Å²) in [6.07, 6.45) is 0. The van der Waals surface area contributed by atoms with Gasteiger partial charge in [0.2, 0.25) is 0 Å². The lowest BCUT2D eigenvalue weighted by Gasteiger charge is -2.22. The van der Waals surface area contributed by atoms with Crippen LogP contribution in [-0.4, -0.2) is 32.3 Å². The molecule has 1 N–H and O–H groups in total. The number of para-hydroxylation sites is 1. The monoisotopic (exact) mass is 291 g/mol. The van der Waals surface area contributed by atoms with Crippen molar-refractivity contribution in [1.82, 2.24) is 10.3 Å². The van der Waals surface area contributed by atoms with Crippen LogP contribution in [0, 0.1) is 0 Å². The van der Waals surface area contributed by atoms with Gasteiger partial charge in [-0.15, -0.1) is 11.3 Å². The molecule has 0 amide bonds. The molecule has 20 heavy (non-hydrogen) atoms. The summed E-state index contributed by atoms with van der Waals surface area (Å²) in [5, 5.41) is 5.48. The number of thiazole rings is 1. The van der Waals surface area contributed by atoms with Crippen LogP contribution in [0.3, 0.4) is 0 Å². The van der Waals surface area contributed by atoms with Crippen molar-refractivity contribution in [2.75, 3.05) is 32.2 Å². The van der Waals surface area contributed by atoms with Crippen molar-refractivity contribution in [3.8, 4) is 0 Å². The maximum atomic E-state index is 5.05. The molecule has 1 aromatic heterocycles. The van der Waals surface area contributed by atoms with Crippen molar-refractivity contribution >= 4 is 17.0 Å². The Morgan fingerprint density at radius 2 is 2.20 bits per heavy atom. The van der Waals surface area contributed by atoms with E-state index in [1.165, 1.54) is 11.3 Å². The number of anilines is 1. The molecular formula is C15H21N3OS. The molecule has 2 aromatic rings. The van der Waals surface area contributed by atoms with Gasteiger partial charge in [0, 0.05) is 38.3 Å². The third-order valence-corrected chi connectivity index (χ3v) is 3.72. The van der Waals surface area contributed by atoms with E-state index in [4.69, 9.17) is 4.74 Å². The predicted octanol–water partition coefficient (Wildman–Crippen LogP) is 2.52. The zero-order chi connectivity index (χ0) is 14.2. The molecule has 5 heteroatoms. The van der Waals surface area contributed by atoms with Crippen molar-refractivity contribution in [2.45, 2.75) is 13.1 Å². The molecule has 1 heterocycles. The maximum Gasteiger partial charge on any atom is 0.0795 e. The second kappa shape index (κ2) is 7.99. The Labute approximate surface area is 124 Å². The lowest BCUT2D eigenvalue weighted by molar-refractivity contribution is 0.199. The molecule has 0 radical (unpaired) electrons. The van der Waals surface area contributed by atoms with Crippen LogP contribution in [0.2, 0.25) is 0 Å². The molecule has 0 bridgehead atoms. The van der Waals surface area contributed by atoms with Gasteiger partial charge in [-0.2, -0.15) is 0 Å². The molecule has 0 aliphatic heterocycles. The number of aromatic nitrogens is 1. The molecule has 0 unspecified atom stereocenters. The molecule has 0 aliphatic rings. The summed E-state index contributed by atoms with van der Waals surface area (Å²) in [5.41, 5.74) is 5.52. The minimum Gasteiger partial charge on any atom is -0.383 e. The van der Waals surface area contributed by atoms with Gasteiger partial charge in [-0.25, -0.2) is 4.98 Å². The average molecular weight is 291 g/mol. The van der Waals surface area contributed by atoms with Gasteiger partial charge in [-0.1, -0.05) is 18.2 Å². The number of hydrogen-bond donors (Lipinski definition) is 1. The highest BCUT2D eigenvalue weighted by Crippen LogP contribution is 2.20. The summed E-state index contributed by atoms with van der Waals surface area (Å²) >= 11 is 1.64. The molecule has 4 nitrogen and oxygen atoms in total. The number of rotatable bonds is 8. The molecule has 0 aliphatic carbocycles. The lowest BCUT2D eigenvalue weighted by Crippen LogP contribution is -2.22. The standard InChI is InChI=1S/C15H21N3OS/c1-18(10-14-11-20-12-17-14)15-6-4-3-5-13(15)9-16-7-8-19-2/h3-6,11-12,16H,7-10H2,1-2H3. The SMILES string of the molecule is COCCNCc1ccccc1N(C)Cc1cscn1. The molecule has 0 fully saturated rings. The molecule has 0 atom stereocenters. The van der Waals surface area contributed by atoms with Crippen LogP contribution in [-0.2, 0) is 17.8 Å². The Morgan fingerprint density at radius 3 is 2.95 bits per heavy atom. The van der Waals surface area contributed by atoms with Crippen molar-refractivity contribution in [2.24, 2.45) is 0 Å². The van der Waals surface area contributed by atoms with Crippen LogP contribution in [0.25, 0.3) is 0 Å². The molecule has 0 saturated carbocycles. The first-order valence-electron chi connectivity index (χ1n) is 6.67.